The van der Waals surface area contributed by atoms with Crippen molar-refractivity contribution in [3.63, 3.8) is 0 Å². The Morgan fingerprint density at radius 3 is 1.07 bits per heavy atom. The number of benzene rings is 3. The summed E-state index contributed by atoms with van der Waals surface area (Å²) in [5.74, 6) is -0.00424. The number of unbranched alkanes of at least 4 members (excludes halogenated alkanes) is 18. The van der Waals surface area contributed by atoms with Crippen molar-refractivity contribution in [1.29, 1.82) is 0 Å². The molecule has 0 spiro atoms. The maximum atomic E-state index is 11.3. The first-order valence-electron chi connectivity index (χ1n) is 21.4. The van der Waals surface area contributed by atoms with E-state index in [2.05, 4.69) is 13.8 Å². The second-order valence-electron chi connectivity index (χ2n) is 15.5. The van der Waals surface area contributed by atoms with Crippen LogP contribution in [0.4, 0.5) is 5.69 Å². The molecule has 0 unspecified atom stereocenters. The summed E-state index contributed by atoms with van der Waals surface area (Å²) < 4.78 is 94.5. The number of hydrogen-bond acceptors (Lipinski definition) is 7. The maximum Gasteiger partial charge on any atom is 0.294 e. The van der Waals surface area contributed by atoms with E-state index in [1.165, 1.54) is 127 Å². The van der Waals surface area contributed by atoms with Gasteiger partial charge in [-0.15, -0.1) is 0 Å². The summed E-state index contributed by atoms with van der Waals surface area (Å²) in [6.45, 7) is 8.15. The van der Waals surface area contributed by atoms with Crippen molar-refractivity contribution in [1.82, 2.24) is 0 Å². The van der Waals surface area contributed by atoms with Gasteiger partial charge < -0.3 is 11.2 Å². The van der Waals surface area contributed by atoms with Crippen LogP contribution in [0.1, 0.15) is 179 Å². The molecule has 0 heterocycles. The second kappa shape index (κ2) is 33.4. The first-order chi connectivity index (χ1) is 27.4. The molecule has 3 aromatic rings. The summed E-state index contributed by atoms with van der Waals surface area (Å²) in [5.41, 5.74) is 8.01. The number of rotatable bonds is 26. The van der Waals surface area contributed by atoms with Gasteiger partial charge in [-0.1, -0.05) is 180 Å². The summed E-state index contributed by atoms with van der Waals surface area (Å²) in [6, 6.07) is 17.8. The molecule has 3 rings (SSSR count). The van der Waals surface area contributed by atoms with Gasteiger partial charge in [-0.3, -0.25) is 13.7 Å². The van der Waals surface area contributed by atoms with E-state index in [0.717, 1.165) is 36.8 Å². The first-order valence-corrected chi connectivity index (χ1v) is 25.7. The first kappa shape index (κ1) is 60.0. The molecular weight excluding hydrogens is 859 g/mol. The molecule has 0 aliphatic rings. The quantitative estimate of drug-likeness (QED) is 0.0258. The average Bonchev–Trinajstić information content (AvgIpc) is 3.16. The molecule has 0 saturated carbocycles. The molecule has 0 aromatic heterocycles. The van der Waals surface area contributed by atoms with E-state index >= 15 is 0 Å². The van der Waals surface area contributed by atoms with E-state index in [4.69, 9.17) is 10.3 Å². The number of nitrogens with two attached hydrogens (primary N) is 1. The van der Waals surface area contributed by atoms with Crippen LogP contribution in [0, 0.1) is 0 Å². The van der Waals surface area contributed by atoms with Crippen LogP contribution in [0.5, 0.6) is 0 Å². The summed E-state index contributed by atoms with van der Waals surface area (Å²) >= 11 is 0. The van der Waals surface area contributed by atoms with E-state index in [1.807, 2.05) is 26.0 Å². The fourth-order valence-corrected chi connectivity index (χ4v) is 9.12. The standard InChI is InChI=1S/2C18H30O3S.C9H13NO3S.H2O.Ti/c2*1-2-3-4-5-6-7-8-9-10-11-14-17-15-12-13-16-18(17)22(19,20)21;1-6(2)8-5-7(10)3-4-9(8)14(11,12)13;;/h2*12-13,15-16H,2-11,14H2,1H3,(H,19,20,21);3-6H,10H2,1-2H3,(H,11,12,13);1H2;. The van der Waals surface area contributed by atoms with Gasteiger partial charge in [-0.25, -0.2) is 0 Å². The zero-order valence-electron chi connectivity index (χ0n) is 36.6. The largest absolute Gasteiger partial charge is 0.412 e. The SMILES string of the molecule is CC(C)c1cc(N)ccc1S(=O)(=O)O.CCCCCCCCCCCCc1ccccc1S(=O)(=O)O.CCCCCCCCCCCCc1ccccc1S(=O)(=O)O.O.[Ti]. The molecule has 0 amide bonds. The molecule has 0 fully saturated rings. The van der Waals surface area contributed by atoms with Crippen LogP contribution in [0.15, 0.2) is 81.4 Å². The summed E-state index contributed by atoms with van der Waals surface area (Å²) in [7, 11) is -12.3. The monoisotopic (exact) mass is 933 g/mol. The molecule has 7 N–H and O–H groups in total. The molecule has 0 atom stereocenters. The summed E-state index contributed by atoms with van der Waals surface area (Å²) in [5, 5.41) is 0. The van der Waals surface area contributed by atoms with Crippen LogP contribution in [-0.4, -0.2) is 44.4 Å². The van der Waals surface area contributed by atoms with Crippen molar-refractivity contribution >= 4 is 36.0 Å². The molecule has 15 heteroatoms. The van der Waals surface area contributed by atoms with Crippen molar-refractivity contribution in [2.75, 3.05) is 5.73 Å². The third-order valence-electron chi connectivity index (χ3n) is 10.0. The predicted octanol–water partition coefficient (Wildman–Crippen LogP) is 11.6. The van der Waals surface area contributed by atoms with Gasteiger partial charge in [0.1, 0.15) is 0 Å². The van der Waals surface area contributed by atoms with Crippen molar-refractivity contribution < 1.29 is 66.1 Å². The maximum absolute atomic E-state index is 11.3. The zero-order valence-corrected chi connectivity index (χ0v) is 40.6. The Hall–Kier alpha value is -2.14. The summed E-state index contributed by atoms with van der Waals surface area (Å²) in [4.78, 5) is 0.0542. The molecule has 0 aliphatic carbocycles. The minimum absolute atomic E-state index is 0. The van der Waals surface area contributed by atoms with Crippen molar-refractivity contribution in [2.24, 2.45) is 0 Å². The van der Waals surface area contributed by atoms with Crippen molar-refractivity contribution in [2.45, 2.75) is 190 Å². The molecule has 60 heavy (non-hydrogen) atoms. The Morgan fingerprint density at radius 1 is 0.467 bits per heavy atom. The third kappa shape index (κ3) is 27.0. The molecular formula is C45H75NO10S3Ti. The predicted molar refractivity (Wildman–Crippen MR) is 242 cm³/mol. The third-order valence-corrected chi connectivity index (χ3v) is 12.9. The van der Waals surface area contributed by atoms with Gasteiger partial charge in [0.25, 0.3) is 30.4 Å². The topological polar surface area (TPSA) is 221 Å². The van der Waals surface area contributed by atoms with Gasteiger partial charge in [0.05, 0.1) is 14.7 Å². The zero-order chi connectivity index (χ0) is 43.5. The molecule has 11 nitrogen and oxygen atoms in total. The van der Waals surface area contributed by atoms with Crippen LogP contribution in [0.3, 0.4) is 0 Å². The Bertz CT molecular complexity index is 1810. The van der Waals surface area contributed by atoms with Crippen LogP contribution >= 0.6 is 0 Å². The second-order valence-corrected chi connectivity index (χ2v) is 19.6. The van der Waals surface area contributed by atoms with Crippen LogP contribution in [0.25, 0.3) is 0 Å². The molecule has 342 valence electrons. The van der Waals surface area contributed by atoms with Crippen LogP contribution in [0.2, 0.25) is 0 Å². The van der Waals surface area contributed by atoms with Crippen LogP contribution < -0.4 is 5.73 Å². The number of anilines is 1. The fraction of sp³-hybridized carbons (Fsp3) is 0.600. The minimum Gasteiger partial charge on any atom is -0.412 e. The van der Waals surface area contributed by atoms with E-state index in [1.54, 1.807) is 30.3 Å². The van der Waals surface area contributed by atoms with E-state index in [9.17, 15) is 34.4 Å². The summed E-state index contributed by atoms with van der Waals surface area (Å²) in [6.07, 6.45) is 26.6. The Kier molecular flexibility index (Phi) is 33.4. The Morgan fingerprint density at radius 2 is 0.767 bits per heavy atom. The van der Waals surface area contributed by atoms with Gasteiger partial charge in [-0.2, -0.15) is 25.3 Å². The van der Waals surface area contributed by atoms with E-state index < -0.39 is 30.4 Å². The normalized spacial score (nSPS) is 11.4. The number of aryl methyl sites for hydroxylation is 2. The number of hydrogen-bond donors (Lipinski definition) is 4. The van der Waals surface area contributed by atoms with Crippen molar-refractivity contribution in [3.05, 3.63) is 83.4 Å². The van der Waals surface area contributed by atoms with Gasteiger partial charge in [0.2, 0.25) is 0 Å². The molecule has 0 saturated heterocycles. The van der Waals surface area contributed by atoms with Gasteiger partial charge in [0, 0.05) is 27.4 Å². The average molecular weight is 934 g/mol. The van der Waals surface area contributed by atoms with E-state index in [0.29, 0.717) is 24.1 Å². The minimum atomic E-state index is -4.15. The smallest absolute Gasteiger partial charge is 0.294 e. The molecule has 3 aromatic carbocycles. The van der Waals surface area contributed by atoms with Gasteiger partial charge in [-0.05, 0) is 78.6 Å². The fourth-order valence-electron chi connectivity index (χ4n) is 6.78. The number of nitrogen functional groups attached to an aromatic ring is 1. The van der Waals surface area contributed by atoms with Crippen molar-refractivity contribution in [3.8, 4) is 0 Å². The van der Waals surface area contributed by atoms with Gasteiger partial charge >= 0.3 is 0 Å². The van der Waals surface area contributed by atoms with E-state index in [-0.39, 0.29) is 47.8 Å². The van der Waals surface area contributed by atoms with Crippen LogP contribution in [-0.2, 0) is 64.9 Å². The Balaban J connectivity index is 0. The Labute approximate surface area is 378 Å². The molecule has 0 bridgehead atoms. The molecule has 0 aliphatic heterocycles. The molecule has 0 radical (unpaired) electrons. The van der Waals surface area contributed by atoms with Gasteiger partial charge in [0.15, 0.2) is 0 Å².